The van der Waals surface area contributed by atoms with Gasteiger partial charge in [-0.25, -0.2) is 0 Å². The highest BCUT2D eigenvalue weighted by molar-refractivity contribution is 7.14. The highest BCUT2D eigenvalue weighted by Gasteiger charge is 2.13. The van der Waals surface area contributed by atoms with E-state index in [1.54, 1.807) is 23.6 Å². The zero-order chi connectivity index (χ0) is 13.1. The Bertz CT molecular complexity index is 645. The number of nitrogens with zero attached hydrogens (tertiary/aromatic N) is 1. The number of benzene rings is 1. The Morgan fingerprint density at radius 1 is 1.44 bits per heavy atom. The lowest BCUT2D eigenvalue weighted by Crippen LogP contribution is -2.13. The molecule has 0 atom stereocenters. The summed E-state index contributed by atoms with van der Waals surface area (Å²) in [5, 5.41) is 14.2. The van der Waals surface area contributed by atoms with Crippen molar-refractivity contribution in [3.05, 3.63) is 45.8 Å². The molecular formula is C12H8ClN3OS. The van der Waals surface area contributed by atoms with Crippen molar-refractivity contribution in [2.75, 3.05) is 11.1 Å². The molecule has 90 valence electrons. The molecule has 0 fully saturated rings. The van der Waals surface area contributed by atoms with Crippen molar-refractivity contribution in [1.82, 2.24) is 0 Å². The van der Waals surface area contributed by atoms with Gasteiger partial charge in [-0.15, -0.1) is 11.3 Å². The minimum atomic E-state index is -0.381. The van der Waals surface area contributed by atoms with Crippen molar-refractivity contribution in [1.29, 1.82) is 5.26 Å². The number of nitrogens with two attached hydrogens (primary N) is 1. The van der Waals surface area contributed by atoms with E-state index in [9.17, 15) is 4.79 Å². The van der Waals surface area contributed by atoms with E-state index in [0.29, 0.717) is 26.8 Å². The van der Waals surface area contributed by atoms with E-state index in [1.165, 1.54) is 17.4 Å². The van der Waals surface area contributed by atoms with Crippen molar-refractivity contribution < 1.29 is 4.79 Å². The quantitative estimate of drug-likeness (QED) is 0.828. The molecule has 2 aromatic rings. The van der Waals surface area contributed by atoms with E-state index in [2.05, 4.69) is 5.32 Å². The van der Waals surface area contributed by atoms with Crippen LogP contribution in [0.1, 0.15) is 15.9 Å². The summed E-state index contributed by atoms with van der Waals surface area (Å²) in [6.07, 6.45) is 0. The fourth-order valence-electron chi connectivity index (χ4n) is 1.39. The molecule has 2 rings (SSSR count). The number of nitrogen functional groups attached to an aromatic ring is 1. The number of amides is 1. The zero-order valence-electron chi connectivity index (χ0n) is 9.11. The van der Waals surface area contributed by atoms with Crippen LogP contribution in [0.25, 0.3) is 0 Å². The molecule has 0 aliphatic carbocycles. The summed E-state index contributed by atoms with van der Waals surface area (Å²) in [6.45, 7) is 0. The zero-order valence-corrected chi connectivity index (χ0v) is 10.7. The van der Waals surface area contributed by atoms with Crippen LogP contribution in [-0.4, -0.2) is 5.91 Å². The molecule has 0 aliphatic heterocycles. The minimum absolute atomic E-state index is 0.291. The lowest BCUT2D eigenvalue weighted by molar-refractivity contribution is 0.102. The summed E-state index contributed by atoms with van der Waals surface area (Å²) < 4.78 is 0. The van der Waals surface area contributed by atoms with Crippen molar-refractivity contribution in [3.8, 4) is 6.07 Å². The van der Waals surface area contributed by atoms with Gasteiger partial charge in [-0.2, -0.15) is 5.26 Å². The standard InChI is InChI=1S/C12H8ClN3OS/c13-8-1-2-10(15)9(5-8)11(17)16-12-7(6-14)3-4-18-12/h1-5H,15H2,(H,16,17). The third-order valence-corrected chi connectivity index (χ3v) is 3.34. The fraction of sp³-hybridized carbons (Fsp3) is 0. The van der Waals surface area contributed by atoms with Gasteiger partial charge in [0, 0.05) is 10.7 Å². The van der Waals surface area contributed by atoms with E-state index in [0.717, 1.165) is 0 Å². The SMILES string of the molecule is N#Cc1ccsc1NC(=O)c1cc(Cl)ccc1N. The number of thiophene rings is 1. The number of hydrogen-bond donors (Lipinski definition) is 2. The fourth-order valence-corrected chi connectivity index (χ4v) is 2.29. The van der Waals surface area contributed by atoms with Crippen LogP contribution in [0.2, 0.25) is 5.02 Å². The van der Waals surface area contributed by atoms with E-state index in [1.807, 2.05) is 6.07 Å². The van der Waals surface area contributed by atoms with E-state index in [-0.39, 0.29) is 5.91 Å². The third kappa shape index (κ3) is 2.45. The first kappa shape index (κ1) is 12.4. The topological polar surface area (TPSA) is 78.9 Å². The van der Waals surface area contributed by atoms with Crippen LogP contribution >= 0.6 is 22.9 Å². The molecular weight excluding hydrogens is 270 g/mol. The average molecular weight is 278 g/mol. The van der Waals surface area contributed by atoms with Gasteiger partial charge >= 0.3 is 0 Å². The molecule has 6 heteroatoms. The highest BCUT2D eigenvalue weighted by atomic mass is 35.5. The molecule has 0 spiro atoms. The van der Waals surface area contributed by atoms with E-state index in [4.69, 9.17) is 22.6 Å². The Hall–Kier alpha value is -2.03. The molecule has 4 nitrogen and oxygen atoms in total. The van der Waals surface area contributed by atoms with Gasteiger partial charge in [0.2, 0.25) is 0 Å². The number of hydrogen-bond acceptors (Lipinski definition) is 4. The second-order valence-electron chi connectivity index (χ2n) is 3.46. The van der Waals surface area contributed by atoms with Crippen LogP contribution < -0.4 is 11.1 Å². The first-order valence-electron chi connectivity index (χ1n) is 4.96. The summed E-state index contributed by atoms with van der Waals surface area (Å²) >= 11 is 7.09. The lowest BCUT2D eigenvalue weighted by atomic mass is 10.1. The molecule has 0 radical (unpaired) electrons. The molecule has 1 heterocycles. The molecule has 1 amide bonds. The van der Waals surface area contributed by atoms with Gasteiger partial charge in [0.25, 0.3) is 5.91 Å². The van der Waals surface area contributed by atoms with Crippen LogP contribution in [0.5, 0.6) is 0 Å². The number of halogens is 1. The predicted molar refractivity (Wildman–Crippen MR) is 72.9 cm³/mol. The Morgan fingerprint density at radius 2 is 2.22 bits per heavy atom. The third-order valence-electron chi connectivity index (χ3n) is 2.27. The summed E-state index contributed by atoms with van der Waals surface area (Å²) in [7, 11) is 0. The molecule has 0 aliphatic rings. The predicted octanol–water partition coefficient (Wildman–Crippen LogP) is 3.11. The van der Waals surface area contributed by atoms with Crippen LogP contribution in [-0.2, 0) is 0 Å². The Balaban J connectivity index is 2.28. The Kier molecular flexibility index (Phi) is 3.51. The van der Waals surface area contributed by atoms with Crippen LogP contribution in [0.3, 0.4) is 0 Å². The minimum Gasteiger partial charge on any atom is -0.398 e. The maximum absolute atomic E-state index is 12.0. The van der Waals surface area contributed by atoms with Crippen molar-refractivity contribution in [3.63, 3.8) is 0 Å². The molecule has 1 aromatic heterocycles. The molecule has 3 N–H and O–H groups in total. The second kappa shape index (κ2) is 5.08. The molecule has 0 bridgehead atoms. The van der Waals surface area contributed by atoms with Crippen LogP contribution in [0, 0.1) is 11.3 Å². The molecule has 0 unspecified atom stereocenters. The van der Waals surface area contributed by atoms with E-state index >= 15 is 0 Å². The van der Waals surface area contributed by atoms with Gasteiger partial charge in [0.15, 0.2) is 0 Å². The number of nitriles is 1. The van der Waals surface area contributed by atoms with Crippen molar-refractivity contribution in [2.24, 2.45) is 0 Å². The summed E-state index contributed by atoms with van der Waals surface area (Å²) in [4.78, 5) is 12.0. The van der Waals surface area contributed by atoms with Gasteiger partial charge < -0.3 is 11.1 Å². The number of rotatable bonds is 2. The number of anilines is 2. The largest absolute Gasteiger partial charge is 0.398 e. The smallest absolute Gasteiger partial charge is 0.258 e. The van der Waals surface area contributed by atoms with Gasteiger partial charge in [0.05, 0.1) is 11.1 Å². The molecule has 18 heavy (non-hydrogen) atoms. The van der Waals surface area contributed by atoms with Crippen LogP contribution in [0.15, 0.2) is 29.6 Å². The second-order valence-corrected chi connectivity index (χ2v) is 4.81. The Labute approximate surface area is 113 Å². The first-order chi connectivity index (χ1) is 8.61. The summed E-state index contributed by atoms with van der Waals surface area (Å²) in [5.41, 5.74) is 6.76. The summed E-state index contributed by atoms with van der Waals surface area (Å²) in [6, 6.07) is 8.31. The van der Waals surface area contributed by atoms with Gasteiger partial charge in [-0.1, -0.05) is 11.6 Å². The van der Waals surface area contributed by atoms with Crippen molar-refractivity contribution in [2.45, 2.75) is 0 Å². The summed E-state index contributed by atoms with van der Waals surface area (Å²) in [5.74, 6) is -0.381. The molecule has 0 saturated heterocycles. The maximum Gasteiger partial charge on any atom is 0.258 e. The normalized spacial score (nSPS) is 9.78. The lowest BCUT2D eigenvalue weighted by Gasteiger charge is -2.06. The average Bonchev–Trinajstić information content (AvgIpc) is 2.79. The Morgan fingerprint density at radius 3 is 2.94 bits per heavy atom. The van der Waals surface area contributed by atoms with E-state index < -0.39 is 0 Å². The van der Waals surface area contributed by atoms with Crippen LogP contribution in [0.4, 0.5) is 10.7 Å². The number of carbonyl (C=O) groups excluding carboxylic acids is 1. The van der Waals surface area contributed by atoms with Gasteiger partial charge in [-0.3, -0.25) is 4.79 Å². The highest BCUT2D eigenvalue weighted by Crippen LogP contribution is 2.24. The number of carbonyl (C=O) groups is 1. The molecule has 1 aromatic carbocycles. The maximum atomic E-state index is 12.0. The van der Waals surface area contributed by atoms with Gasteiger partial charge in [0.1, 0.15) is 11.1 Å². The van der Waals surface area contributed by atoms with Crippen molar-refractivity contribution >= 4 is 39.5 Å². The molecule has 0 saturated carbocycles. The monoisotopic (exact) mass is 277 g/mol. The number of nitrogens with one attached hydrogen (secondary N) is 1. The van der Waals surface area contributed by atoms with Gasteiger partial charge in [-0.05, 0) is 29.6 Å². The first-order valence-corrected chi connectivity index (χ1v) is 6.21.